The number of hydrogen-bond acceptors (Lipinski definition) is 5. The summed E-state index contributed by atoms with van der Waals surface area (Å²) in [6.07, 6.45) is 1.49. The second-order valence-corrected chi connectivity index (χ2v) is 8.37. The van der Waals surface area contributed by atoms with E-state index in [4.69, 9.17) is 6.57 Å². The van der Waals surface area contributed by atoms with Gasteiger partial charge < -0.3 is 10.3 Å². The summed E-state index contributed by atoms with van der Waals surface area (Å²) in [5.41, 5.74) is 2.47. The zero-order valence-corrected chi connectivity index (χ0v) is 19.7. The van der Waals surface area contributed by atoms with Gasteiger partial charge in [0.15, 0.2) is 0 Å². The molecule has 0 bridgehead atoms. The highest BCUT2D eigenvalue weighted by Gasteiger charge is 2.20. The lowest BCUT2D eigenvalue weighted by atomic mass is 10.0. The van der Waals surface area contributed by atoms with E-state index in [1.807, 2.05) is 61.5 Å². The fraction of sp³-hybridized carbons (Fsp3) is 0.107. The zero-order valence-electron chi connectivity index (χ0n) is 19.7. The number of aromatic nitrogens is 4. The largest absolute Gasteiger partial charge is 0.371 e. The first-order chi connectivity index (χ1) is 17.5. The predicted molar refractivity (Wildman–Crippen MR) is 141 cm³/mol. The molecule has 8 heteroatoms. The first-order valence-corrected chi connectivity index (χ1v) is 11.4. The number of H-pyrrole nitrogens is 1. The number of benzene rings is 2. The fourth-order valence-corrected chi connectivity index (χ4v) is 4.30. The van der Waals surface area contributed by atoms with Gasteiger partial charge in [-0.05, 0) is 43.5 Å². The number of rotatable bonds is 5. The van der Waals surface area contributed by atoms with E-state index < -0.39 is 0 Å². The number of nitrogens with zero attached hydrogens (tertiary/aromatic N) is 4. The van der Waals surface area contributed by atoms with Gasteiger partial charge in [-0.3, -0.25) is 19.1 Å². The average Bonchev–Trinajstić information content (AvgIpc) is 2.89. The van der Waals surface area contributed by atoms with E-state index in [0.717, 1.165) is 5.39 Å². The second-order valence-electron chi connectivity index (χ2n) is 8.37. The van der Waals surface area contributed by atoms with E-state index in [9.17, 15) is 9.59 Å². The third-order valence-electron chi connectivity index (χ3n) is 5.96. The molecule has 36 heavy (non-hydrogen) atoms. The highest BCUT2D eigenvalue weighted by Crippen LogP contribution is 2.30. The van der Waals surface area contributed by atoms with Gasteiger partial charge in [0, 0.05) is 34.9 Å². The number of anilines is 1. The molecular formula is C28H22N6O2. The SMILES string of the molecule is [C-]#[N+]c1cnc(C)nc1N[C@@H](C)c1cc2cccc(-c3cccc(=O)[nH]3)c2c(=O)n1-c1ccccc1. The molecule has 5 rings (SSSR count). The number of aromatic amines is 1. The molecule has 0 fully saturated rings. The van der Waals surface area contributed by atoms with Crippen molar-refractivity contribution in [2.75, 3.05) is 5.32 Å². The molecule has 0 saturated heterocycles. The van der Waals surface area contributed by atoms with Crippen molar-refractivity contribution in [3.8, 4) is 16.9 Å². The highest BCUT2D eigenvalue weighted by molar-refractivity contribution is 5.95. The molecule has 8 nitrogen and oxygen atoms in total. The molecule has 5 aromatic rings. The van der Waals surface area contributed by atoms with Crippen molar-refractivity contribution >= 4 is 22.3 Å². The summed E-state index contributed by atoms with van der Waals surface area (Å²) < 4.78 is 1.66. The van der Waals surface area contributed by atoms with Gasteiger partial charge in [-0.15, -0.1) is 0 Å². The third-order valence-corrected chi connectivity index (χ3v) is 5.96. The number of pyridine rings is 2. The Labute approximate surface area is 206 Å². The molecule has 3 aromatic heterocycles. The minimum atomic E-state index is -0.378. The Morgan fingerprint density at radius 2 is 1.81 bits per heavy atom. The number of hydrogen-bond donors (Lipinski definition) is 2. The molecule has 0 radical (unpaired) electrons. The van der Waals surface area contributed by atoms with Crippen LogP contribution in [0.3, 0.4) is 0 Å². The summed E-state index contributed by atoms with van der Waals surface area (Å²) in [6.45, 7) is 11.1. The smallest absolute Gasteiger partial charge is 0.263 e. The minimum absolute atomic E-state index is 0.216. The predicted octanol–water partition coefficient (Wildman–Crippen LogP) is 5.17. The maximum Gasteiger partial charge on any atom is 0.263 e. The third kappa shape index (κ3) is 4.14. The van der Waals surface area contributed by atoms with Gasteiger partial charge in [-0.1, -0.05) is 42.5 Å². The highest BCUT2D eigenvalue weighted by atomic mass is 16.1. The van der Waals surface area contributed by atoms with Gasteiger partial charge in [0.1, 0.15) is 11.6 Å². The molecule has 0 unspecified atom stereocenters. The van der Waals surface area contributed by atoms with E-state index in [0.29, 0.717) is 45.4 Å². The van der Waals surface area contributed by atoms with Crippen LogP contribution >= 0.6 is 0 Å². The van der Waals surface area contributed by atoms with E-state index in [1.54, 1.807) is 23.6 Å². The van der Waals surface area contributed by atoms with Crippen LogP contribution in [0.5, 0.6) is 0 Å². The summed E-state index contributed by atoms with van der Waals surface area (Å²) >= 11 is 0. The standard InChI is InChI=1S/C28H22N6O2/c1-17(31-27-23(29-3)16-30-18(2)32-27)24-15-19-9-7-12-21(22-13-8-14-25(35)33-22)26(19)28(36)34(24)20-10-5-4-6-11-20/h4-17H,1-2H3,(H,33,35)(H,30,31,32)/t17-/m0/s1. The Morgan fingerprint density at radius 1 is 1.03 bits per heavy atom. The number of para-hydroxylation sites is 1. The average molecular weight is 475 g/mol. The van der Waals surface area contributed by atoms with Crippen molar-refractivity contribution in [2.24, 2.45) is 0 Å². The molecule has 3 heterocycles. The summed E-state index contributed by atoms with van der Waals surface area (Å²) in [5, 5.41) is 4.54. The van der Waals surface area contributed by atoms with Gasteiger partial charge in [-0.2, -0.15) is 0 Å². The summed E-state index contributed by atoms with van der Waals surface area (Å²) in [7, 11) is 0. The van der Waals surface area contributed by atoms with Crippen LogP contribution in [0, 0.1) is 13.5 Å². The first-order valence-electron chi connectivity index (χ1n) is 11.4. The maximum atomic E-state index is 14.1. The summed E-state index contributed by atoms with van der Waals surface area (Å²) in [4.78, 5) is 41.0. The quantitative estimate of drug-likeness (QED) is 0.343. The topological polar surface area (TPSA) is 97.0 Å². The van der Waals surface area contributed by atoms with Gasteiger partial charge in [0.25, 0.3) is 5.56 Å². The van der Waals surface area contributed by atoms with Gasteiger partial charge in [0.05, 0.1) is 18.0 Å². The molecule has 2 N–H and O–H groups in total. The van der Waals surface area contributed by atoms with Gasteiger partial charge in [0.2, 0.25) is 11.2 Å². The maximum absolute atomic E-state index is 14.1. The van der Waals surface area contributed by atoms with Crippen LogP contribution < -0.4 is 16.4 Å². The monoisotopic (exact) mass is 474 g/mol. The Hall–Kier alpha value is -5.03. The Kier molecular flexibility index (Phi) is 5.88. The van der Waals surface area contributed by atoms with Gasteiger partial charge in [-0.25, -0.2) is 9.83 Å². The van der Waals surface area contributed by atoms with Crippen LogP contribution in [0.4, 0.5) is 11.5 Å². The van der Waals surface area contributed by atoms with Crippen molar-refractivity contribution in [2.45, 2.75) is 19.9 Å². The second kappa shape index (κ2) is 9.31. The van der Waals surface area contributed by atoms with E-state index in [1.165, 1.54) is 12.3 Å². The van der Waals surface area contributed by atoms with Crippen LogP contribution in [0.1, 0.15) is 24.5 Å². The molecule has 0 spiro atoms. The molecule has 0 aliphatic heterocycles. The molecule has 0 aliphatic carbocycles. The number of nitrogens with one attached hydrogen (secondary N) is 2. The van der Waals surface area contributed by atoms with Crippen molar-refractivity contribution in [3.05, 3.63) is 123 Å². The van der Waals surface area contributed by atoms with Crippen LogP contribution in [0.2, 0.25) is 0 Å². The normalized spacial score (nSPS) is 11.7. The Bertz CT molecular complexity index is 1750. The molecule has 0 amide bonds. The first kappa shape index (κ1) is 22.7. The summed E-state index contributed by atoms with van der Waals surface area (Å²) in [5.74, 6) is 0.949. The lowest BCUT2D eigenvalue weighted by Gasteiger charge is -2.22. The van der Waals surface area contributed by atoms with Crippen LogP contribution in [-0.2, 0) is 0 Å². The molecule has 1 atom stereocenters. The van der Waals surface area contributed by atoms with Crippen LogP contribution in [0.15, 0.2) is 88.6 Å². The molecule has 0 aliphatic rings. The van der Waals surface area contributed by atoms with Crippen molar-refractivity contribution in [1.82, 2.24) is 19.5 Å². The molecular weight excluding hydrogens is 452 g/mol. The Balaban J connectivity index is 1.76. The van der Waals surface area contributed by atoms with Crippen molar-refractivity contribution in [1.29, 1.82) is 0 Å². The zero-order chi connectivity index (χ0) is 25.2. The lowest BCUT2D eigenvalue weighted by Crippen LogP contribution is -2.26. The van der Waals surface area contributed by atoms with Crippen molar-refractivity contribution in [3.63, 3.8) is 0 Å². The Morgan fingerprint density at radius 3 is 2.56 bits per heavy atom. The van der Waals surface area contributed by atoms with Gasteiger partial charge >= 0.3 is 0 Å². The van der Waals surface area contributed by atoms with Crippen LogP contribution in [0.25, 0.3) is 32.6 Å². The van der Waals surface area contributed by atoms with Crippen LogP contribution in [-0.4, -0.2) is 19.5 Å². The number of fused-ring (bicyclic) bond motifs is 1. The summed E-state index contributed by atoms with van der Waals surface area (Å²) in [6, 6.07) is 21.4. The molecule has 2 aromatic carbocycles. The van der Waals surface area contributed by atoms with E-state index in [-0.39, 0.29) is 17.2 Å². The fourth-order valence-electron chi connectivity index (χ4n) is 4.30. The minimum Gasteiger partial charge on any atom is -0.371 e. The molecule has 0 saturated carbocycles. The lowest BCUT2D eigenvalue weighted by molar-refractivity contribution is 0.772. The van der Waals surface area contributed by atoms with Crippen molar-refractivity contribution < 1.29 is 0 Å². The van der Waals surface area contributed by atoms with E-state index in [2.05, 4.69) is 25.1 Å². The molecule has 176 valence electrons. The number of aryl methyl sites for hydroxylation is 1. The van der Waals surface area contributed by atoms with E-state index >= 15 is 0 Å².